The van der Waals surface area contributed by atoms with E-state index >= 15 is 0 Å². The Labute approximate surface area is 133 Å². The van der Waals surface area contributed by atoms with Crippen molar-refractivity contribution in [2.24, 2.45) is 4.99 Å². The highest BCUT2D eigenvalue weighted by Gasteiger charge is 2.09. The zero-order valence-electron chi connectivity index (χ0n) is 12.2. The van der Waals surface area contributed by atoms with Gasteiger partial charge in [0.2, 0.25) is 0 Å². The highest BCUT2D eigenvalue weighted by molar-refractivity contribution is 6.32. The highest BCUT2D eigenvalue weighted by atomic mass is 35.5. The topological polar surface area (TPSA) is 57.6 Å². The summed E-state index contributed by atoms with van der Waals surface area (Å²) in [5.41, 5.74) is 3.35. The van der Waals surface area contributed by atoms with Crippen LogP contribution in [0.25, 0.3) is 10.9 Å². The first-order valence-electron chi connectivity index (χ1n) is 6.77. The highest BCUT2D eigenvalue weighted by Crippen LogP contribution is 2.30. The van der Waals surface area contributed by atoms with Crippen molar-refractivity contribution in [1.29, 1.82) is 0 Å². The van der Waals surface area contributed by atoms with Crippen LogP contribution in [0.4, 0.5) is 5.69 Å². The molecule has 22 heavy (non-hydrogen) atoms. The lowest BCUT2D eigenvalue weighted by Gasteiger charge is -2.02. The molecule has 0 saturated carbocycles. The molecule has 2 aromatic carbocycles. The third kappa shape index (κ3) is 2.65. The van der Waals surface area contributed by atoms with Crippen LogP contribution in [0.1, 0.15) is 11.1 Å². The minimum absolute atomic E-state index is 0.101. The minimum Gasteiger partial charge on any atom is -0.495 e. The maximum atomic E-state index is 10.0. The molecule has 3 rings (SSSR count). The molecule has 5 heteroatoms. The van der Waals surface area contributed by atoms with E-state index in [0.717, 1.165) is 16.5 Å². The van der Waals surface area contributed by atoms with Gasteiger partial charge in [0.25, 0.3) is 0 Å². The summed E-state index contributed by atoms with van der Waals surface area (Å²) >= 11 is 6.08. The van der Waals surface area contributed by atoms with Crippen molar-refractivity contribution < 1.29 is 9.84 Å². The second-order valence-electron chi connectivity index (χ2n) is 5.01. The summed E-state index contributed by atoms with van der Waals surface area (Å²) in [5, 5.41) is 11.5. The van der Waals surface area contributed by atoms with Gasteiger partial charge >= 0.3 is 0 Å². The Hall–Kier alpha value is -2.46. The fraction of sp³-hybridized carbons (Fsp3) is 0.118. The number of aliphatic imine (C=N–C) groups is 1. The normalized spacial score (nSPS) is 11.4. The number of aromatic amines is 1. The van der Waals surface area contributed by atoms with Gasteiger partial charge in [-0.3, -0.25) is 4.99 Å². The summed E-state index contributed by atoms with van der Waals surface area (Å²) < 4.78 is 5.11. The van der Waals surface area contributed by atoms with Gasteiger partial charge in [0.05, 0.1) is 23.4 Å². The first-order chi connectivity index (χ1) is 10.6. The van der Waals surface area contributed by atoms with E-state index < -0.39 is 0 Å². The van der Waals surface area contributed by atoms with Gasteiger partial charge in [-0.2, -0.15) is 0 Å². The molecule has 0 fully saturated rings. The third-order valence-corrected chi connectivity index (χ3v) is 3.75. The number of nitrogens with one attached hydrogen (secondary N) is 1. The van der Waals surface area contributed by atoms with Gasteiger partial charge in [0, 0.05) is 17.1 Å². The lowest BCUT2D eigenvalue weighted by molar-refractivity contribution is 0.415. The minimum atomic E-state index is 0.101. The van der Waals surface area contributed by atoms with Crippen LogP contribution in [0.5, 0.6) is 11.6 Å². The average Bonchev–Trinajstić information content (AvgIpc) is 2.79. The number of halogens is 1. The van der Waals surface area contributed by atoms with Crippen molar-refractivity contribution in [3.05, 3.63) is 52.5 Å². The summed E-state index contributed by atoms with van der Waals surface area (Å²) in [6, 6.07) is 11.2. The third-order valence-electron chi connectivity index (χ3n) is 3.45. The Bertz CT molecular complexity index is 868. The van der Waals surface area contributed by atoms with Crippen molar-refractivity contribution in [1.82, 2.24) is 4.98 Å². The number of nitrogens with zero attached hydrogens (tertiary/aromatic N) is 1. The molecule has 1 heterocycles. The molecule has 2 N–H and O–H groups in total. The molecule has 0 atom stereocenters. The fourth-order valence-corrected chi connectivity index (χ4v) is 2.58. The number of H-pyrrole nitrogens is 1. The maximum absolute atomic E-state index is 10.0. The van der Waals surface area contributed by atoms with Crippen molar-refractivity contribution in [3.8, 4) is 11.6 Å². The van der Waals surface area contributed by atoms with E-state index in [9.17, 15) is 5.11 Å². The quantitative estimate of drug-likeness (QED) is 0.694. The zero-order valence-corrected chi connectivity index (χ0v) is 13.0. The number of aromatic hydroxyl groups is 1. The van der Waals surface area contributed by atoms with Crippen molar-refractivity contribution in [3.63, 3.8) is 0 Å². The molecule has 1 aromatic heterocycles. The van der Waals surface area contributed by atoms with Gasteiger partial charge in [-0.25, -0.2) is 0 Å². The van der Waals surface area contributed by atoms with E-state index in [1.54, 1.807) is 31.5 Å². The molecule has 0 spiro atoms. The standard InChI is InChI=1S/C17H15ClN2O2/c1-10-3-5-12-13(17(21)20-15(12)7-10)9-19-11-4-6-16(22-2)14(18)8-11/h3-9,20-21H,1-2H3. The molecular weight excluding hydrogens is 300 g/mol. The molecule has 0 radical (unpaired) electrons. The van der Waals surface area contributed by atoms with Crippen LogP contribution in [0.15, 0.2) is 41.4 Å². The van der Waals surface area contributed by atoms with Crippen LogP contribution in [0, 0.1) is 6.92 Å². The van der Waals surface area contributed by atoms with Crippen molar-refractivity contribution >= 4 is 34.4 Å². The average molecular weight is 315 g/mol. The van der Waals surface area contributed by atoms with Crippen LogP contribution < -0.4 is 4.74 Å². The molecule has 0 aliphatic rings. The molecule has 0 aliphatic heterocycles. The van der Waals surface area contributed by atoms with Crippen LogP contribution in [-0.2, 0) is 0 Å². The summed E-state index contributed by atoms with van der Waals surface area (Å²) in [6.07, 6.45) is 1.63. The summed E-state index contributed by atoms with van der Waals surface area (Å²) in [6.45, 7) is 2.00. The van der Waals surface area contributed by atoms with Gasteiger partial charge in [0.1, 0.15) is 5.75 Å². The number of rotatable bonds is 3. The molecule has 0 saturated heterocycles. The number of benzene rings is 2. The van der Waals surface area contributed by atoms with E-state index in [4.69, 9.17) is 16.3 Å². The van der Waals surface area contributed by atoms with Crippen molar-refractivity contribution in [2.45, 2.75) is 6.92 Å². The number of ether oxygens (including phenoxy) is 1. The molecule has 0 amide bonds. The zero-order chi connectivity index (χ0) is 15.7. The molecule has 0 unspecified atom stereocenters. The number of aryl methyl sites for hydroxylation is 1. The van der Waals surface area contributed by atoms with Crippen molar-refractivity contribution in [2.75, 3.05) is 7.11 Å². The van der Waals surface area contributed by atoms with E-state index in [1.165, 1.54) is 0 Å². The number of fused-ring (bicyclic) bond motifs is 1. The van der Waals surface area contributed by atoms with Gasteiger partial charge in [-0.05, 0) is 36.8 Å². The van der Waals surface area contributed by atoms with Crippen LogP contribution >= 0.6 is 11.6 Å². The second kappa shape index (κ2) is 5.73. The van der Waals surface area contributed by atoms with Crippen LogP contribution in [0.2, 0.25) is 5.02 Å². The molecule has 0 aliphatic carbocycles. The lowest BCUT2D eigenvalue weighted by Crippen LogP contribution is -1.83. The molecule has 0 bridgehead atoms. The molecule has 3 aromatic rings. The Kier molecular flexibility index (Phi) is 3.77. The largest absolute Gasteiger partial charge is 0.495 e. The Morgan fingerprint density at radius 3 is 2.77 bits per heavy atom. The van der Waals surface area contributed by atoms with Gasteiger partial charge in [-0.15, -0.1) is 0 Å². The number of aromatic nitrogens is 1. The fourth-order valence-electron chi connectivity index (χ4n) is 2.32. The maximum Gasteiger partial charge on any atom is 0.198 e. The second-order valence-corrected chi connectivity index (χ2v) is 5.42. The summed E-state index contributed by atoms with van der Waals surface area (Å²) in [5.74, 6) is 0.704. The monoisotopic (exact) mass is 314 g/mol. The number of hydrogen-bond donors (Lipinski definition) is 2. The van der Waals surface area contributed by atoms with Gasteiger partial charge in [0.15, 0.2) is 5.88 Å². The number of hydrogen-bond acceptors (Lipinski definition) is 3. The first-order valence-corrected chi connectivity index (χ1v) is 7.15. The smallest absolute Gasteiger partial charge is 0.198 e. The van der Waals surface area contributed by atoms with Crippen LogP contribution in [0.3, 0.4) is 0 Å². The predicted molar refractivity (Wildman–Crippen MR) is 90.0 cm³/mol. The Morgan fingerprint density at radius 2 is 2.05 bits per heavy atom. The van der Waals surface area contributed by atoms with Gasteiger partial charge in [-0.1, -0.05) is 23.7 Å². The van der Waals surface area contributed by atoms with Crippen LogP contribution in [-0.4, -0.2) is 23.4 Å². The van der Waals surface area contributed by atoms with E-state index in [-0.39, 0.29) is 5.88 Å². The molecule has 4 nitrogen and oxygen atoms in total. The Morgan fingerprint density at radius 1 is 1.23 bits per heavy atom. The van der Waals surface area contributed by atoms with E-state index in [0.29, 0.717) is 22.0 Å². The Balaban J connectivity index is 1.99. The number of methoxy groups -OCH3 is 1. The summed E-state index contributed by atoms with van der Waals surface area (Å²) in [4.78, 5) is 7.33. The SMILES string of the molecule is COc1ccc(N=Cc2c(O)[nH]c3cc(C)ccc23)cc1Cl. The van der Waals surface area contributed by atoms with Gasteiger partial charge < -0.3 is 14.8 Å². The lowest BCUT2D eigenvalue weighted by atomic mass is 10.1. The van der Waals surface area contributed by atoms with E-state index in [2.05, 4.69) is 9.98 Å². The molecule has 112 valence electrons. The van der Waals surface area contributed by atoms with E-state index in [1.807, 2.05) is 25.1 Å². The summed E-state index contributed by atoms with van der Waals surface area (Å²) in [7, 11) is 1.57. The molecular formula is C17H15ClN2O2. The first kappa shape index (κ1) is 14.5. The predicted octanol–water partition coefficient (Wildman–Crippen LogP) is 4.59.